The Labute approximate surface area is 147 Å². The standard InChI is InChI=1S/C18H26N4O3/c1-11-4-2-5-14-10-15(21-22(11)14)17(23)19-12-8-13(9-12)20-18(24)16-6-3-7-25-16/h10-13,16H,2-9H2,1H3,(H,19,23)(H,20,24)/t11?,12?,13?,16-/m0/s1. The molecule has 0 bridgehead atoms. The van der Waals surface area contributed by atoms with E-state index >= 15 is 0 Å². The van der Waals surface area contributed by atoms with Crippen LogP contribution in [0.25, 0.3) is 0 Å². The van der Waals surface area contributed by atoms with E-state index in [-0.39, 0.29) is 30.0 Å². The summed E-state index contributed by atoms with van der Waals surface area (Å²) in [6.07, 6.45) is 6.28. The lowest BCUT2D eigenvalue weighted by atomic mass is 9.86. The molecule has 4 rings (SSSR count). The molecule has 3 aliphatic rings. The summed E-state index contributed by atoms with van der Waals surface area (Å²) in [5.41, 5.74) is 1.66. The molecule has 2 fully saturated rings. The van der Waals surface area contributed by atoms with Crippen LogP contribution in [0.2, 0.25) is 0 Å². The van der Waals surface area contributed by atoms with Gasteiger partial charge in [-0.2, -0.15) is 5.10 Å². The second kappa shape index (κ2) is 6.78. The third-order valence-corrected chi connectivity index (χ3v) is 5.56. The SMILES string of the molecule is CC1CCCc2cc(C(=O)NC3CC(NC(=O)[C@@H]4CCCO4)C3)nn21. The predicted molar refractivity (Wildman–Crippen MR) is 91.3 cm³/mol. The van der Waals surface area contributed by atoms with Crippen LogP contribution in [0.5, 0.6) is 0 Å². The number of aryl methyl sites for hydroxylation is 1. The van der Waals surface area contributed by atoms with Gasteiger partial charge in [-0.15, -0.1) is 0 Å². The van der Waals surface area contributed by atoms with E-state index in [4.69, 9.17) is 4.74 Å². The van der Waals surface area contributed by atoms with E-state index in [9.17, 15) is 9.59 Å². The molecule has 7 heteroatoms. The number of hydrogen-bond acceptors (Lipinski definition) is 4. The molecule has 1 unspecified atom stereocenters. The first-order valence-corrected chi connectivity index (χ1v) is 9.41. The maximum Gasteiger partial charge on any atom is 0.272 e. The lowest BCUT2D eigenvalue weighted by Gasteiger charge is -2.36. The van der Waals surface area contributed by atoms with Crippen molar-refractivity contribution in [1.29, 1.82) is 0 Å². The maximum atomic E-state index is 12.4. The van der Waals surface area contributed by atoms with Gasteiger partial charge in [0.25, 0.3) is 5.91 Å². The summed E-state index contributed by atoms with van der Waals surface area (Å²) >= 11 is 0. The Hall–Kier alpha value is -1.89. The Morgan fingerprint density at radius 2 is 2.00 bits per heavy atom. The highest BCUT2D eigenvalue weighted by Crippen LogP contribution is 2.25. The van der Waals surface area contributed by atoms with Gasteiger partial charge >= 0.3 is 0 Å². The highest BCUT2D eigenvalue weighted by molar-refractivity contribution is 5.92. The molecule has 3 heterocycles. The third-order valence-electron chi connectivity index (χ3n) is 5.56. The van der Waals surface area contributed by atoms with Gasteiger partial charge in [-0.25, -0.2) is 0 Å². The predicted octanol–water partition coefficient (Wildman–Crippen LogP) is 1.34. The normalized spacial score (nSPS) is 31.1. The van der Waals surface area contributed by atoms with Crippen molar-refractivity contribution in [2.75, 3.05) is 6.61 Å². The molecule has 2 amide bonds. The van der Waals surface area contributed by atoms with Gasteiger partial charge in [0, 0.05) is 30.4 Å². The van der Waals surface area contributed by atoms with Gasteiger partial charge in [0.1, 0.15) is 11.8 Å². The smallest absolute Gasteiger partial charge is 0.272 e. The van der Waals surface area contributed by atoms with Crippen LogP contribution in [0.1, 0.15) is 67.7 Å². The minimum atomic E-state index is -0.285. The first-order chi connectivity index (χ1) is 12.1. The van der Waals surface area contributed by atoms with Crippen molar-refractivity contribution in [2.24, 2.45) is 0 Å². The van der Waals surface area contributed by atoms with Crippen molar-refractivity contribution >= 4 is 11.8 Å². The number of carbonyl (C=O) groups is 2. The van der Waals surface area contributed by atoms with Crippen molar-refractivity contribution in [3.05, 3.63) is 17.5 Å². The largest absolute Gasteiger partial charge is 0.368 e. The Kier molecular flexibility index (Phi) is 4.50. The van der Waals surface area contributed by atoms with Gasteiger partial charge in [0.15, 0.2) is 0 Å². The molecule has 1 aromatic rings. The summed E-state index contributed by atoms with van der Waals surface area (Å²) in [5, 5.41) is 10.5. The van der Waals surface area contributed by atoms with Gasteiger partial charge in [-0.05, 0) is 57.9 Å². The molecule has 2 aliphatic heterocycles. The Morgan fingerprint density at radius 3 is 2.72 bits per heavy atom. The quantitative estimate of drug-likeness (QED) is 0.861. The Morgan fingerprint density at radius 1 is 1.20 bits per heavy atom. The van der Waals surface area contributed by atoms with Crippen molar-refractivity contribution in [1.82, 2.24) is 20.4 Å². The summed E-state index contributed by atoms with van der Waals surface area (Å²) in [5.74, 6) is -0.119. The van der Waals surface area contributed by atoms with Crippen molar-refractivity contribution in [3.63, 3.8) is 0 Å². The molecule has 0 aromatic carbocycles. The second-order valence-corrected chi connectivity index (χ2v) is 7.56. The zero-order valence-corrected chi connectivity index (χ0v) is 14.7. The van der Waals surface area contributed by atoms with Gasteiger partial charge in [-0.3, -0.25) is 14.3 Å². The van der Waals surface area contributed by atoms with Gasteiger partial charge in [0.2, 0.25) is 5.91 Å². The lowest BCUT2D eigenvalue weighted by molar-refractivity contribution is -0.131. The Bertz CT molecular complexity index is 659. The molecule has 0 spiro atoms. The van der Waals surface area contributed by atoms with Crippen LogP contribution in [-0.2, 0) is 16.0 Å². The van der Waals surface area contributed by atoms with E-state index < -0.39 is 0 Å². The van der Waals surface area contributed by atoms with Crippen LogP contribution in [0.4, 0.5) is 0 Å². The fourth-order valence-electron chi connectivity index (χ4n) is 4.00. The molecule has 2 atom stereocenters. The number of nitrogens with one attached hydrogen (secondary N) is 2. The van der Waals surface area contributed by atoms with E-state index in [1.807, 2.05) is 10.7 Å². The number of hydrogen-bond donors (Lipinski definition) is 2. The summed E-state index contributed by atoms with van der Waals surface area (Å²) < 4.78 is 7.38. The van der Waals surface area contributed by atoms with E-state index in [1.165, 1.54) is 0 Å². The minimum absolute atomic E-state index is 0.0111. The zero-order valence-electron chi connectivity index (χ0n) is 14.7. The summed E-state index contributed by atoms with van der Waals surface area (Å²) in [4.78, 5) is 24.4. The molecule has 1 aliphatic carbocycles. The molecular formula is C18H26N4O3. The minimum Gasteiger partial charge on any atom is -0.368 e. The van der Waals surface area contributed by atoms with Gasteiger partial charge < -0.3 is 15.4 Å². The number of ether oxygens (including phenoxy) is 1. The molecule has 1 saturated heterocycles. The van der Waals surface area contributed by atoms with Crippen LogP contribution in [0.15, 0.2) is 6.07 Å². The summed E-state index contributed by atoms with van der Waals surface area (Å²) in [7, 11) is 0. The monoisotopic (exact) mass is 346 g/mol. The fourth-order valence-corrected chi connectivity index (χ4v) is 4.00. The van der Waals surface area contributed by atoms with Crippen molar-refractivity contribution in [3.8, 4) is 0 Å². The average molecular weight is 346 g/mol. The highest BCUT2D eigenvalue weighted by atomic mass is 16.5. The van der Waals surface area contributed by atoms with E-state index in [0.717, 1.165) is 50.6 Å². The number of aromatic nitrogens is 2. The van der Waals surface area contributed by atoms with E-state index in [1.54, 1.807) is 0 Å². The summed E-state index contributed by atoms with van der Waals surface area (Å²) in [6, 6.07) is 2.53. The molecule has 136 valence electrons. The number of nitrogens with zero attached hydrogens (tertiary/aromatic N) is 2. The van der Waals surface area contributed by atoms with Crippen LogP contribution in [-0.4, -0.2) is 46.4 Å². The molecule has 0 radical (unpaired) electrons. The van der Waals surface area contributed by atoms with Gasteiger partial charge in [-0.1, -0.05) is 0 Å². The summed E-state index contributed by atoms with van der Waals surface area (Å²) in [6.45, 7) is 2.82. The first kappa shape index (κ1) is 16.6. The molecule has 2 N–H and O–H groups in total. The molecular weight excluding hydrogens is 320 g/mol. The lowest BCUT2D eigenvalue weighted by Crippen LogP contribution is -2.55. The average Bonchev–Trinajstić information content (AvgIpc) is 3.22. The number of carbonyl (C=O) groups excluding carboxylic acids is 2. The van der Waals surface area contributed by atoms with Crippen molar-refractivity contribution < 1.29 is 14.3 Å². The first-order valence-electron chi connectivity index (χ1n) is 9.41. The van der Waals surface area contributed by atoms with E-state index in [0.29, 0.717) is 18.3 Å². The maximum absolute atomic E-state index is 12.4. The molecule has 1 aromatic heterocycles. The third kappa shape index (κ3) is 3.42. The van der Waals surface area contributed by atoms with Crippen LogP contribution in [0, 0.1) is 0 Å². The fraction of sp³-hybridized carbons (Fsp3) is 0.722. The highest BCUT2D eigenvalue weighted by Gasteiger charge is 2.34. The number of amides is 2. The second-order valence-electron chi connectivity index (χ2n) is 7.56. The van der Waals surface area contributed by atoms with Crippen molar-refractivity contribution in [2.45, 2.75) is 76.1 Å². The Balaban J connectivity index is 1.25. The van der Waals surface area contributed by atoms with Gasteiger partial charge in [0.05, 0.1) is 0 Å². The number of rotatable bonds is 4. The van der Waals surface area contributed by atoms with Crippen LogP contribution >= 0.6 is 0 Å². The molecule has 25 heavy (non-hydrogen) atoms. The van der Waals surface area contributed by atoms with Crippen LogP contribution < -0.4 is 10.6 Å². The topological polar surface area (TPSA) is 85.2 Å². The number of fused-ring (bicyclic) bond motifs is 1. The molecule has 7 nitrogen and oxygen atoms in total. The molecule has 1 saturated carbocycles. The zero-order chi connectivity index (χ0) is 17.4. The van der Waals surface area contributed by atoms with Crippen LogP contribution in [0.3, 0.4) is 0 Å². The van der Waals surface area contributed by atoms with E-state index in [2.05, 4.69) is 22.7 Å².